The van der Waals surface area contributed by atoms with Crippen molar-refractivity contribution in [3.63, 3.8) is 0 Å². The van der Waals surface area contributed by atoms with Crippen molar-refractivity contribution in [2.24, 2.45) is 0 Å². The molecule has 0 unspecified atom stereocenters. The summed E-state index contributed by atoms with van der Waals surface area (Å²) in [5.41, 5.74) is 0. The summed E-state index contributed by atoms with van der Waals surface area (Å²) in [6.07, 6.45) is -4.72. The van der Waals surface area contributed by atoms with Gasteiger partial charge in [-0.2, -0.15) is 25.8 Å². The lowest BCUT2D eigenvalue weighted by molar-refractivity contribution is -0.136. The van der Waals surface area contributed by atoms with Gasteiger partial charge in [0.1, 0.15) is 0 Å². The molecule has 0 saturated heterocycles. The van der Waals surface area contributed by atoms with Crippen LogP contribution in [0.1, 0.15) is 26.7 Å². The summed E-state index contributed by atoms with van der Waals surface area (Å²) in [5, 5.41) is 0. The number of hydrogen-bond acceptors (Lipinski definition) is 1. The molecule has 0 atom stereocenters. The van der Waals surface area contributed by atoms with Crippen LogP contribution in [0.2, 0.25) is 0 Å². The van der Waals surface area contributed by atoms with E-state index in [-0.39, 0.29) is 6.42 Å². The molecule has 0 aliphatic carbocycles. The Morgan fingerprint density at radius 1 is 1.10 bits per heavy atom. The van der Waals surface area contributed by atoms with Crippen LogP contribution in [0.25, 0.3) is 0 Å². The molecule has 0 saturated carbocycles. The number of thiol groups is 1. The predicted octanol–water partition coefficient (Wildman–Crippen LogP) is 3.04. The lowest BCUT2D eigenvalue weighted by Crippen LogP contribution is -2.16. The van der Waals surface area contributed by atoms with E-state index < -0.39 is 17.3 Å². The van der Waals surface area contributed by atoms with Crippen LogP contribution in [-0.4, -0.2) is 10.9 Å². The highest BCUT2D eigenvalue weighted by molar-refractivity contribution is 7.81. The Kier molecular flexibility index (Phi) is 3.07. The largest absolute Gasteiger partial charge is 0.389 e. The molecular weight excluding hydrogens is 161 g/mol. The zero-order valence-electron chi connectivity index (χ0n) is 6.00. The van der Waals surface area contributed by atoms with Gasteiger partial charge < -0.3 is 0 Å². The Labute approximate surface area is 64.2 Å². The summed E-state index contributed by atoms with van der Waals surface area (Å²) in [6, 6.07) is 0. The first-order chi connectivity index (χ1) is 4.21. The fraction of sp³-hybridized carbons (Fsp3) is 1.00. The molecule has 0 aromatic rings. The van der Waals surface area contributed by atoms with E-state index in [4.69, 9.17) is 0 Å². The highest BCUT2D eigenvalue weighted by Gasteiger charge is 2.29. The molecule has 0 aliphatic heterocycles. The van der Waals surface area contributed by atoms with Crippen molar-refractivity contribution >= 4 is 12.6 Å². The molecule has 0 bridgehead atoms. The fourth-order valence-corrected chi connectivity index (χ4v) is 0.559. The summed E-state index contributed by atoms with van der Waals surface area (Å²) in [5.74, 6) is 0. The zero-order valence-corrected chi connectivity index (χ0v) is 6.89. The van der Waals surface area contributed by atoms with Crippen LogP contribution in [0, 0.1) is 0 Å². The van der Waals surface area contributed by atoms with E-state index in [0.29, 0.717) is 0 Å². The van der Waals surface area contributed by atoms with E-state index in [0.717, 1.165) is 0 Å². The van der Waals surface area contributed by atoms with E-state index >= 15 is 0 Å². The Hall–Kier alpha value is 0.140. The van der Waals surface area contributed by atoms with E-state index in [1.807, 2.05) is 0 Å². The lowest BCUT2D eigenvalue weighted by Gasteiger charge is -2.17. The minimum atomic E-state index is -4.04. The van der Waals surface area contributed by atoms with Gasteiger partial charge in [-0.3, -0.25) is 0 Å². The smallest absolute Gasteiger partial charge is 0.173 e. The maximum atomic E-state index is 11.6. The van der Waals surface area contributed by atoms with Crippen molar-refractivity contribution in [3.05, 3.63) is 0 Å². The monoisotopic (exact) mass is 172 g/mol. The van der Waals surface area contributed by atoms with Crippen molar-refractivity contribution in [1.29, 1.82) is 0 Å². The highest BCUT2D eigenvalue weighted by Crippen LogP contribution is 2.28. The van der Waals surface area contributed by atoms with Gasteiger partial charge >= 0.3 is 6.18 Å². The van der Waals surface area contributed by atoms with Crippen LogP contribution in [0.4, 0.5) is 13.2 Å². The standard InChI is InChI=1S/C6H11F3S/c1-5(2,10)3-4-6(7,8)9/h10H,3-4H2,1-2H3. The minimum Gasteiger partial charge on any atom is -0.173 e. The van der Waals surface area contributed by atoms with Gasteiger partial charge in [0.25, 0.3) is 0 Å². The van der Waals surface area contributed by atoms with Crippen molar-refractivity contribution < 1.29 is 13.2 Å². The van der Waals surface area contributed by atoms with Gasteiger partial charge in [0.2, 0.25) is 0 Å². The molecular formula is C6H11F3S. The summed E-state index contributed by atoms with van der Waals surface area (Å²) in [4.78, 5) is 0. The van der Waals surface area contributed by atoms with Crippen LogP contribution in [0.15, 0.2) is 0 Å². The average molecular weight is 172 g/mol. The Morgan fingerprint density at radius 2 is 1.50 bits per heavy atom. The summed E-state index contributed by atoms with van der Waals surface area (Å²) >= 11 is 3.97. The topological polar surface area (TPSA) is 0 Å². The Morgan fingerprint density at radius 3 is 1.60 bits per heavy atom. The van der Waals surface area contributed by atoms with Crippen molar-refractivity contribution in [1.82, 2.24) is 0 Å². The third-order valence-electron chi connectivity index (χ3n) is 1.02. The van der Waals surface area contributed by atoms with Gasteiger partial charge in [0.05, 0.1) is 0 Å². The summed E-state index contributed by atoms with van der Waals surface area (Å²) in [6.45, 7) is 3.34. The summed E-state index contributed by atoms with van der Waals surface area (Å²) in [7, 11) is 0. The Balaban J connectivity index is 3.56. The molecule has 0 spiro atoms. The van der Waals surface area contributed by atoms with Gasteiger partial charge in [0, 0.05) is 11.2 Å². The second-order valence-corrected chi connectivity index (χ2v) is 4.14. The molecule has 0 aliphatic rings. The Bertz CT molecular complexity index is 86.5. The summed E-state index contributed by atoms with van der Waals surface area (Å²) < 4.78 is 34.1. The quantitative estimate of drug-likeness (QED) is 0.608. The van der Waals surface area contributed by atoms with Crippen molar-refractivity contribution in [3.8, 4) is 0 Å². The van der Waals surface area contributed by atoms with Crippen LogP contribution in [-0.2, 0) is 0 Å². The molecule has 62 valence electrons. The maximum absolute atomic E-state index is 11.6. The van der Waals surface area contributed by atoms with Crippen LogP contribution < -0.4 is 0 Å². The zero-order chi connectivity index (χ0) is 8.41. The predicted molar refractivity (Wildman–Crippen MR) is 38.4 cm³/mol. The van der Waals surface area contributed by atoms with Crippen molar-refractivity contribution in [2.75, 3.05) is 0 Å². The SMILES string of the molecule is CC(C)(S)CCC(F)(F)F. The van der Waals surface area contributed by atoms with E-state index in [2.05, 4.69) is 12.6 Å². The minimum absolute atomic E-state index is 0.0691. The number of alkyl halides is 3. The van der Waals surface area contributed by atoms with Gasteiger partial charge in [0.15, 0.2) is 0 Å². The van der Waals surface area contributed by atoms with Gasteiger partial charge in [-0.15, -0.1) is 0 Å². The second kappa shape index (κ2) is 3.03. The van der Waals surface area contributed by atoms with Crippen molar-refractivity contribution in [2.45, 2.75) is 37.6 Å². The molecule has 0 fully saturated rings. The first-order valence-electron chi connectivity index (χ1n) is 3.00. The molecule has 0 N–H and O–H groups in total. The van der Waals surface area contributed by atoms with Crippen LogP contribution in [0.3, 0.4) is 0 Å². The third-order valence-corrected chi connectivity index (χ3v) is 1.24. The van der Waals surface area contributed by atoms with Gasteiger partial charge in [-0.1, -0.05) is 13.8 Å². The average Bonchev–Trinajstić information content (AvgIpc) is 1.57. The highest BCUT2D eigenvalue weighted by atomic mass is 32.1. The molecule has 0 heterocycles. The molecule has 0 amide bonds. The molecule has 0 radical (unpaired) electrons. The maximum Gasteiger partial charge on any atom is 0.389 e. The second-order valence-electron chi connectivity index (χ2n) is 2.93. The van der Waals surface area contributed by atoms with Gasteiger partial charge in [-0.05, 0) is 6.42 Å². The van der Waals surface area contributed by atoms with Crippen LogP contribution >= 0.6 is 12.6 Å². The first kappa shape index (κ1) is 10.1. The first-order valence-corrected chi connectivity index (χ1v) is 3.44. The molecule has 4 heteroatoms. The van der Waals surface area contributed by atoms with E-state index in [9.17, 15) is 13.2 Å². The number of hydrogen-bond donors (Lipinski definition) is 1. The number of rotatable bonds is 2. The molecule has 0 aromatic carbocycles. The normalized spacial score (nSPS) is 13.8. The lowest BCUT2D eigenvalue weighted by atomic mass is 10.1. The molecule has 0 aromatic heterocycles. The third kappa shape index (κ3) is 8.14. The van der Waals surface area contributed by atoms with Crippen LogP contribution in [0.5, 0.6) is 0 Å². The van der Waals surface area contributed by atoms with Gasteiger partial charge in [-0.25, -0.2) is 0 Å². The fourth-order valence-electron chi connectivity index (χ4n) is 0.448. The van der Waals surface area contributed by atoms with E-state index in [1.54, 1.807) is 13.8 Å². The molecule has 0 nitrogen and oxygen atoms in total. The molecule has 10 heavy (non-hydrogen) atoms. The number of halogens is 3. The molecule has 0 rings (SSSR count). The van der Waals surface area contributed by atoms with E-state index in [1.165, 1.54) is 0 Å².